The van der Waals surface area contributed by atoms with Crippen molar-refractivity contribution in [3.8, 4) is 28.7 Å². The lowest BCUT2D eigenvalue weighted by Gasteiger charge is -2.18. The van der Waals surface area contributed by atoms with Crippen molar-refractivity contribution in [1.82, 2.24) is 29.1 Å². The van der Waals surface area contributed by atoms with Gasteiger partial charge in [0.25, 0.3) is 0 Å². The molecule has 1 aromatic carbocycles. The predicted octanol–water partition coefficient (Wildman–Crippen LogP) is 3.66. The second-order valence-electron chi connectivity index (χ2n) is 9.15. The lowest BCUT2D eigenvalue weighted by molar-refractivity contribution is 0.353. The van der Waals surface area contributed by atoms with Crippen molar-refractivity contribution in [2.45, 2.75) is 19.8 Å². The third-order valence-corrected chi connectivity index (χ3v) is 7.02. The third-order valence-electron chi connectivity index (χ3n) is 7.02. The molecule has 0 radical (unpaired) electrons. The second kappa shape index (κ2) is 8.88. The van der Waals surface area contributed by atoms with Crippen LogP contribution in [0.2, 0.25) is 0 Å². The highest BCUT2D eigenvalue weighted by Gasteiger charge is 2.21. The van der Waals surface area contributed by atoms with Crippen molar-refractivity contribution in [2.75, 3.05) is 32.2 Å². The molecule has 5 aromatic rings. The molecule has 37 heavy (non-hydrogen) atoms. The van der Waals surface area contributed by atoms with Crippen LogP contribution in [0.15, 0.2) is 47.5 Å². The van der Waals surface area contributed by atoms with Crippen molar-refractivity contribution < 1.29 is 9.47 Å². The molecule has 0 saturated carbocycles. The van der Waals surface area contributed by atoms with Gasteiger partial charge in [0.2, 0.25) is 5.88 Å². The first-order valence-corrected chi connectivity index (χ1v) is 12.2. The van der Waals surface area contributed by atoms with Gasteiger partial charge in [0.15, 0.2) is 0 Å². The fourth-order valence-electron chi connectivity index (χ4n) is 5.09. The van der Waals surface area contributed by atoms with Gasteiger partial charge >= 0.3 is 11.7 Å². The monoisotopic (exact) mass is 497 g/mol. The van der Waals surface area contributed by atoms with Crippen molar-refractivity contribution in [3.63, 3.8) is 0 Å². The molecule has 1 aliphatic heterocycles. The van der Waals surface area contributed by atoms with Crippen LogP contribution in [0.3, 0.4) is 0 Å². The topological polar surface area (TPSA) is 100 Å². The largest absolute Gasteiger partial charge is 0.480 e. The molecule has 4 aromatic heterocycles. The Morgan fingerprint density at radius 3 is 2.49 bits per heavy atom. The van der Waals surface area contributed by atoms with Crippen LogP contribution < -0.4 is 20.1 Å². The first-order chi connectivity index (χ1) is 18.0. The summed E-state index contributed by atoms with van der Waals surface area (Å²) in [7, 11) is 4.83. The normalized spacial score (nSPS) is 13.6. The van der Waals surface area contributed by atoms with Gasteiger partial charge in [-0.25, -0.2) is 14.8 Å². The maximum Gasteiger partial charge on any atom is 0.333 e. The SMILES string of the molecule is COc1ncc(-c2ccc3ncc4c(c3c2)n(-c2ccc(N3CCCC3)nc2C)c(=O)n4C)c(OC)n1. The fraction of sp³-hybridized carbons (Fsp3) is 0.296. The summed E-state index contributed by atoms with van der Waals surface area (Å²) in [5.74, 6) is 1.35. The third kappa shape index (κ3) is 3.67. The number of pyridine rings is 2. The summed E-state index contributed by atoms with van der Waals surface area (Å²) < 4.78 is 14.0. The molecule has 10 nitrogen and oxygen atoms in total. The number of benzene rings is 1. The van der Waals surface area contributed by atoms with Gasteiger partial charge in [0.05, 0.1) is 53.9 Å². The molecule has 0 atom stereocenters. The molecule has 1 fully saturated rings. The Morgan fingerprint density at radius 2 is 1.76 bits per heavy atom. The van der Waals surface area contributed by atoms with Crippen molar-refractivity contribution in [1.29, 1.82) is 0 Å². The summed E-state index contributed by atoms with van der Waals surface area (Å²) >= 11 is 0. The van der Waals surface area contributed by atoms with E-state index in [1.807, 2.05) is 37.3 Å². The molecule has 6 rings (SSSR count). The van der Waals surface area contributed by atoms with Crippen molar-refractivity contribution >= 4 is 27.8 Å². The van der Waals surface area contributed by atoms with Crippen LogP contribution in [-0.2, 0) is 7.05 Å². The van der Waals surface area contributed by atoms with Crippen LogP contribution in [0, 0.1) is 6.92 Å². The Balaban J connectivity index is 1.58. The number of nitrogens with zero attached hydrogens (tertiary/aromatic N) is 7. The number of anilines is 1. The van der Waals surface area contributed by atoms with Gasteiger partial charge in [0, 0.05) is 31.7 Å². The minimum Gasteiger partial charge on any atom is -0.480 e. The summed E-state index contributed by atoms with van der Waals surface area (Å²) in [5.41, 5.74) is 5.21. The van der Waals surface area contributed by atoms with Crippen LogP contribution in [0.4, 0.5) is 5.82 Å². The van der Waals surface area contributed by atoms with Crippen LogP contribution in [-0.4, -0.2) is 56.4 Å². The average Bonchev–Trinajstić information content (AvgIpc) is 3.55. The zero-order chi connectivity index (χ0) is 25.7. The Bertz CT molecular complexity index is 1720. The number of imidazole rings is 1. The van der Waals surface area contributed by atoms with E-state index in [1.165, 1.54) is 20.0 Å². The number of methoxy groups -OCH3 is 2. The summed E-state index contributed by atoms with van der Waals surface area (Å²) in [6.45, 7) is 3.98. The molecule has 0 bridgehead atoms. The van der Waals surface area contributed by atoms with E-state index in [2.05, 4.69) is 19.9 Å². The van der Waals surface area contributed by atoms with E-state index < -0.39 is 0 Å². The first kappa shape index (κ1) is 23.0. The number of aryl methyl sites for hydroxylation is 2. The van der Waals surface area contributed by atoms with E-state index in [-0.39, 0.29) is 11.7 Å². The van der Waals surface area contributed by atoms with Crippen LogP contribution >= 0.6 is 0 Å². The number of aromatic nitrogens is 6. The Labute approximate surface area is 213 Å². The van der Waals surface area contributed by atoms with E-state index in [0.29, 0.717) is 11.4 Å². The Morgan fingerprint density at radius 1 is 0.946 bits per heavy atom. The van der Waals surface area contributed by atoms with E-state index in [9.17, 15) is 4.79 Å². The Kier molecular flexibility index (Phi) is 5.51. The van der Waals surface area contributed by atoms with E-state index in [4.69, 9.17) is 14.5 Å². The van der Waals surface area contributed by atoms with Gasteiger partial charge in [-0.1, -0.05) is 6.07 Å². The summed E-state index contributed by atoms with van der Waals surface area (Å²) in [4.78, 5) is 33.9. The molecule has 1 aliphatic rings. The predicted molar refractivity (Wildman–Crippen MR) is 142 cm³/mol. The maximum absolute atomic E-state index is 13.6. The fourth-order valence-corrected chi connectivity index (χ4v) is 5.09. The maximum atomic E-state index is 13.6. The van der Waals surface area contributed by atoms with Gasteiger partial charge in [0.1, 0.15) is 5.82 Å². The number of fused-ring (bicyclic) bond motifs is 3. The van der Waals surface area contributed by atoms with E-state index in [1.54, 1.807) is 35.7 Å². The quantitative estimate of drug-likeness (QED) is 0.363. The first-order valence-electron chi connectivity index (χ1n) is 12.2. The molecule has 188 valence electrons. The number of rotatable bonds is 5. The highest BCUT2D eigenvalue weighted by Crippen LogP contribution is 2.34. The van der Waals surface area contributed by atoms with Gasteiger partial charge in [-0.2, -0.15) is 4.98 Å². The molecule has 0 amide bonds. The highest BCUT2D eigenvalue weighted by atomic mass is 16.5. The molecule has 1 saturated heterocycles. The van der Waals surface area contributed by atoms with Gasteiger partial charge in [-0.3, -0.25) is 14.1 Å². The molecule has 5 heterocycles. The summed E-state index contributed by atoms with van der Waals surface area (Å²) in [5, 5.41) is 0.827. The highest BCUT2D eigenvalue weighted by molar-refractivity contribution is 6.04. The smallest absolute Gasteiger partial charge is 0.333 e. The number of hydrogen-bond acceptors (Lipinski definition) is 8. The molecule has 0 N–H and O–H groups in total. The minimum atomic E-state index is -0.154. The average molecular weight is 498 g/mol. The van der Waals surface area contributed by atoms with Crippen molar-refractivity contribution in [2.24, 2.45) is 7.05 Å². The zero-order valence-corrected chi connectivity index (χ0v) is 21.2. The molecular weight excluding hydrogens is 470 g/mol. The summed E-state index contributed by atoms with van der Waals surface area (Å²) in [6.07, 6.45) is 5.77. The second-order valence-corrected chi connectivity index (χ2v) is 9.15. The van der Waals surface area contributed by atoms with Gasteiger partial charge in [-0.05, 0) is 49.6 Å². The molecule has 0 unspecified atom stereocenters. The van der Waals surface area contributed by atoms with Crippen LogP contribution in [0.1, 0.15) is 18.5 Å². The molecular formula is C27H27N7O3. The van der Waals surface area contributed by atoms with Gasteiger partial charge < -0.3 is 14.4 Å². The lowest BCUT2D eigenvalue weighted by Crippen LogP contribution is -2.23. The zero-order valence-electron chi connectivity index (χ0n) is 21.2. The van der Waals surface area contributed by atoms with Crippen LogP contribution in [0.5, 0.6) is 11.9 Å². The number of ether oxygens (including phenoxy) is 2. The molecule has 10 heteroatoms. The van der Waals surface area contributed by atoms with Crippen LogP contribution in [0.25, 0.3) is 38.8 Å². The van der Waals surface area contributed by atoms with E-state index in [0.717, 1.165) is 57.8 Å². The number of hydrogen-bond donors (Lipinski definition) is 0. The van der Waals surface area contributed by atoms with Gasteiger partial charge in [-0.15, -0.1) is 0 Å². The van der Waals surface area contributed by atoms with E-state index >= 15 is 0 Å². The Hall–Kier alpha value is -4.47. The lowest BCUT2D eigenvalue weighted by atomic mass is 10.0. The summed E-state index contributed by atoms with van der Waals surface area (Å²) in [6, 6.07) is 10.1. The molecule has 0 spiro atoms. The standard InChI is InChI=1S/C27H27N7O3/c1-16-21(9-10-23(30-16)33-11-5-6-12-33)34-24-18-13-17(19-14-29-26(37-4)31-25(19)36-3)7-8-20(18)28-15-22(24)32(2)27(34)35/h7-10,13-15H,5-6,11-12H2,1-4H3. The van der Waals surface area contributed by atoms with Crippen molar-refractivity contribution in [3.05, 3.63) is 58.9 Å². The minimum absolute atomic E-state index is 0.154. The molecule has 0 aliphatic carbocycles.